The number of fused-ring (bicyclic) bond motifs is 1. The third kappa shape index (κ3) is 2.45. The SMILES string of the molecule is O=S(=O)([O-])[S+]1N[S+](S(=O)(=O)[O-])c2ccccc21. The van der Waals surface area contributed by atoms with Gasteiger partial charge in [0.2, 0.25) is 0 Å². The van der Waals surface area contributed by atoms with E-state index in [0.717, 1.165) is 0 Å². The summed E-state index contributed by atoms with van der Waals surface area (Å²) in [6, 6.07) is 5.57. The molecule has 1 aromatic rings. The monoisotopic (exact) mass is 315 g/mol. The summed E-state index contributed by atoms with van der Waals surface area (Å²) in [5.41, 5.74) is 0. The first-order valence-corrected chi connectivity index (χ1v) is 10.3. The first-order valence-electron chi connectivity index (χ1n) is 3.98. The van der Waals surface area contributed by atoms with Gasteiger partial charge in [0.05, 0.1) is 4.13 Å². The summed E-state index contributed by atoms with van der Waals surface area (Å²) >= 11 is 0. The zero-order chi connectivity index (χ0) is 12.8. The van der Waals surface area contributed by atoms with Gasteiger partial charge in [-0.25, -0.2) is 0 Å². The Balaban J connectivity index is 2.63. The van der Waals surface area contributed by atoms with Crippen LogP contribution in [0.2, 0.25) is 0 Å². The summed E-state index contributed by atoms with van der Waals surface area (Å²) < 4.78 is 67.9. The lowest BCUT2D eigenvalue weighted by molar-refractivity contribution is 0.479. The fourth-order valence-corrected chi connectivity index (χ4v) is 10.6. The van der Waals surface area contributed by atoms with Gasteiger partial charge in [-0.3, -0.25) is 0 Å². The summed E-state index contributed by atoms with van der Waals surface area (Å²) in [5.74, 6) is 0. The van der Waals surface area contributed by atoms with E-state index in [-0.39, 0.29) is 9.79 Å². The third-order valence-electron chi connectivity index (χ3n) is 1.81. The summed E-state index contributed by atoms with van der Waals surface area (Å²) in [6.07, 6.45) is 0. The van der Waals surface area contributed by atoms with Crippen molar-refractivity contribution in [2.75, 3.05) is 0 Å². The molecule has 1 aliphatic heterocycles. The molecule has 2 unspecified atom stereocenters. The summed E-state index contributed by atoms with van der Waals surface area (Å²) in [6.45, 7) is 0. The van der Waals surface area contributed by atoms with Crippen LogP contribution in [-0.4, -0.2) is 25.9 Å². The van der Waals surface area contributed by atoms with Gasteiger partial charge >= 0.3 is 18.3 Å². The van der Waals surface area contributed by atoms with Crippen molar-refractivity contribution in [1.82, 2.24) is 4.13 Å². The Morgan fingerprint density at radius 1 is 0.882 bits per heavy atom. The van der Waals surface area contributed by atoms with Crippen LogP contribution in [0.25, 0.3) is 0 Å². The molecule has 0 amide bonds. The number of rotatable bonds is 2. The molecule has 2 atom stereocenters. The predicted molar refractivity (Wildman–Crippen MR) is 60.2 cm³/mol. The molecule has 0 fully saturated rings. The maximum Gasteiger partial charge on any atom is 0.302 e. The number of hydrogen-bond acceptors (Lipinski definition) is 7. The van der Waals surface area contributed by atoms with Crippen molar-refractivity contribution in [3.05, 3.63) is 24.3 Å². The zero-order valence-electron chi connectivity index (χ0n) is 7.89. The highest BCUT2D eigenvalue weighted by Crippen LogP contribution is 2.35. The van der Waals surface area contributed by atoms with E-state index >= 15 is 0 Å². The van der Waals surface area contributed by atoms with E-state index < -0.39 is 38.5 Å². The number of hydrogen-bond donors (Lipinski definition) is 1. The lowest BCUT2D eigenvalue weighted by Gasteiger charge is -2.02. The Kier molecular flexibility index (Phi) is 3.18. The highest BCUT2D eigenvalue weighted by molar-refractivity contribution is 8.75. The molecule has 1 aromatic carbocycles. The molecule has 0 spiro atoms. The average molecular weight is 315 g/mol. The lowest BCUT2D eigenvalue weighted by atomic mass is 10.4. The van der Waals surface area contributed by atoms with Gasteiger partial charge in [0.25, 0.3) is 30.0 Å². The Morgan fingerprint density at radius 3 is 1.53 bits per heavy atom. The predicted octanol–water partition coefficient (Wildman–Crippen LogP) is -1.01. The first-order chi connectivity index (χ1) is 7.71. The van der Waals surface area contributed by atoms with E-state index in [9.17, 15) is 25.9 Å². The number of benzene rings is 1. The van der Waals surface area contributed by atoms with E-state index in [1.807, 2.05) is 0 Å². The van der Waals surface area contributed by atoms with Crippen LogP contribution >= 0.6 is 0 Å². The van der Waals surface area contributed by atoms with Crippen molar-refractivity contribution in [2.45, 2.75) is 9.79 Å². The normalized spacial score (nSPS) is 24.6. The highest BCUT2D eigenvalue weighted by atomic mass is 33.2. The first kappa shape index (κ1) is 13.1. The van der Waals surface area contributed by atoms with E-state index in [4.69, 9.17) is 0 Å². The van der Waals surface area contributed by atoms with E-state index in [1.165, 1.54) is 24.3 Å². The van der Waals surface area contributed by atoms with Crippen molar-refractivity contribution in [3.8, 4) is 0 Å². The quantitative estimate of drug-likeness (QED) is 0.421. The maximum absolute atomic E-state index is 11.0. The van der Waals surface area contributed by atoms with Crippen LogP contribution in [0.4, 0.5) is 0 Å². The van der Waals surface area contributed by atoms with E-state index in [0.29, 0.717) is 0 Å². The molecule has 0 radical (unpaired) electrons. The third-order valence-corrected chi connectivity index (χ3v) is 10.2. The van der Waals surface area contributed by atoms with E-state index in [2.05, 4.69) is 4.13 Å². The van der Waals surface area contributed by atoms with Crippen molar-refractivity contribution in [2.24, 2.45) is 0 Å². The van der Waals surface area contributed by atoms with Gasteiger partial charge in [-0.1, -0.05) is 12.1 Å². The minimum absolute atomic E-state index is 0.0465. The Labute approximate surface area is 102 Å². The summed E-state index contributed by atoms with van der Waals surface area (Å²) in [5, 5.41) is 0. The molecule has 1 N–H and O–H groups in total. The second-order valence-corrected chi connectivity index (χ2v) is 11.6. The molecule has 11 heteroatoms. The Hall–Kier alpha value is -0.300. The Bertz CT molecular complexity index is 596. The van der Waals surface area contributed by atoms with Crippen LogP contribution in [0, 0.1) is 0 Å². The zero-order valence-corrected chi connectivity index (χ0v) is 11.2. The fraction of sp³-hybridized carbons (Fsp3) is 0. The van der Waals surface area contributed by atoms with Crippen LogP contribution < -0.4 is 4.13 Å². The molecule has 1 heterocycles. The highest BCUT2D eigenvalue weighted by Gasteiger charge is 2.57. The molecule has 0 saturated carbocycles. The van der Waals surface area contributed by atoms with Gasteiger partial charge in [-0.05, 0) is 0 Å². The van der Waals surface area contributed by atoms with Crippen molar-refractivity contribution < 1.29 is 25.9 Å². The largest absolute Gasteiger partial charge is 0.705 e. The molecule has 0 aliphatic carbocycles. The molecule has 17 heavy (non-hydrogen) atoms. The fourth-order valence-electron chi connectivity index (χ4n) is 1.22. The van der Waals surface area contributed by atoms with E-state index in [1.54, 1.807) is 0 Å². The van der Waals surface area contributed by atoms with Gasteiger partial charge in [-0.2, -0.15) is 16.8 Å². The van der Waals surface area contributed by atoms with Gasteiger partial charge in [0.15, 0.2) is 0 Å². The topological polar surface area (TPSA) is 126 Å². The molecule has 94 valence electrons. The van der Waals surface area contributed by atoms with Crippen molar-refractivity contribution in [1.29, 1.82) is 0 Å². The summed E-state index contributed by atoms with van der Waals surface area (Å²) in [4.78, 5) is 0.0931. The van der Waals surface area contributed by atoms with Crippen LogP contribution in [0.1, 0.15) is 0 Å². The van der Waals surface area contributed by atoms with Crippen LogP contribution in [0.15, 0.2) is 34.1 Å². The maximum atomic E-state index is 11.0. The molecule has 0 saturated heterocycles. The Morgan fingerprint density at radius 2 is 1.24 bits per heavy atom. The molecule has 0 bridgehead atoms. The lowest BCUT2D eigenvalue weighted by Crippen LogP contribution is -2.32. The minimum Gasteiger partial charge on any atom is -0.705 e. The average Bonchev–Trinajstić information content (AvgIpc) is 2.55. The van der Waals surface area contributed by atoms with Crippen molar-refractivity contribution in [3.63, 3.8) is 0 Å². The van der Waals surface area contributed by atoms with Crippen LogP contribution in [0.3, 0.4) is 0 Å². The molecule has 2 rings (SSSR count). The standard InChI is InChI=1S/C6H5NO6S4/c8-16(9,10)14-5-3-1-2-4-6(5)15(7-14)17(11,12)13/h1-4,7H. The molecule has 1 aliphatic rings. The number of nitrogens with one attached hydrogen (secondary N) is 1. The minimum atomic E-state index is -4.74. The van der Waals surface area contributed by atoms with Crippen LogP contribution in [0.5, 0.6) is 0 Å². The molecular formula is C6H5NO6S4. The molecular weight excluding hydrogens is 310 g/mol. The second-order valence-electron chi connectivity index (χ2n) is 2.88. The second kappa shape index (κ2) is 4.12. The van der Waals surface area contributed by atoms with Gasteiger partial charge < -0.3 is 9.11 Å². The van der Waals surface area contributed by atoms with Crippen LogP contribution in [-0.2, 0) is 38.5 Å². The van der Waals surface area contributed by atoms with Gasteiger partial charge in [-0.15, -0.1) is 0 Å². The smallest absolute Gasteiger partial charge is 0.302 e. The van der Waals surface area contributed by atoms with Crippen molar-refractivity contribution >= 4 is 38.5 Å². The molecule has 7 nitrogen and oxygen atoms in total. The molecule has 0 aromatic heterocycles. The van der Waals surface area contributed by atoms with Gasteiger partial charge in [0, 0.05) is 12.1 Å². The van der Waals surface area contributed by atoms with Gasteiger partial charge in [0.1, 0.15) is 0 Å². The summed E-state index contributed by atoms with van der Waals surface area (Å²) in [7, 11) is -13.5.